The van der Waals surface area contributed by atoms with Crippen LogP contribution in [-0.4, -0.2) is 31.2 Å². The number of anilines is 1. The van der Waals surface area contributed by atoms with Crippen LogP contribution in [0.2, 0.25) is 0 Å². The van der Waals surface area contributed by atoms with Crippen molar-refractivity contribution in [2.24, 2.45) is 0 Å². The molecule has 1 aromatic carbocycles. The van der Waals surface area contributed by atoms with Gasteiger partial charge in [-0.3, -0.25) is 4.79 Å². The van der Waals surface area contributed by atoms with Gasteiger partial charge >= 0.3 is 0 Å². The Labute approximate surface area is 113 Å². The van der Waals surface area contributed by atoms with Gasteiger partial charge in [-0.2, -0.15) is 0 Å². The van der Waals surface area contributed by atoms with Crippen LogP contribution in [0, 0.1) is 0 Å². The van der Waals surface area contributed by atoms with Gasteiger partial charge in [0.25, 0.3) is 5.91 Å². The Hall–Kier alpha value is -1.55. The predicted octanol–water partition coefficient (Wildman–Crippen LogP) is 1.95. The molecule has 1 amide bonds. The Morgan fingerprint density at radius 3 is 2.95 bits per heavy atom. The first-order valence-corrected chi connectivity index (χ1v) is 6.93. The van der Waals surface area contributed by atoms with Gasteiger partial charge in [-0.1, -0.05) is 6.07 Å². The molecule has 4 heteroatoms. The average molecular weight is 260 g/mol. The van der Waals surface area contributed by atoms with Gasteiger partial charge in [-0.05, 0) is 43.9 Å². The normalized spacial score (nSPS) is 20.5. The predicted molar refractivity (Wildman–Crippen MR) is 74.6 cm³/mol. The minimum atomic E-state index is -0.137. The summed E-state index contributed by atoms with van der Waals surface area (Å²) in [5.74, 6) is 0.0147. The molecule has 0 atom stereocenters. The van der Waals surface area contributed by atoms with Crippen LogP contribution < -0.4 is 10.6 Å². The van der Waals surface area contributed by atoms with E-state index in [1.165, 1.54) is 5.56 Å². The number of carbonyl (C=O) groups is 1. The molecule has 0 aliphatic carbocycles. The first kappa shape index (κ1) is 12.5. The highest BCUT2D eigenvalue weighted by molar-refractivity contribution is 5.96. The van der Waals surface area contributed by atoms with Crippen molar-refractivity contribution in [2.45, 2.75) is 31.7 Å². The first-order chi connectivity index (χ1) is 9.16. The van der Waals surface area contributed by atoms with Gasteiger partial charge in [0.15, 0.2) is 0 Å². The average Bonchev–Trinajstić information content (AvgIpc) is 2.86. The highest BCUT2D eigenvalue weighted by Crippen LogP contribution is 2.24. The zero-order chi connectivity index (χ0) is 13.3. The van der Waals surface area contributed by atoms with Crippen LogP contribution in [0.25, 0.3) is 0 Å². The molecular weight excluding hydrogens is 240 g/mol. The van der Waals surface area contributed by atoms with Gasteiger partial charge in [-0.25, -0.2) is 0 Å². The third-order valence-electron chi connectivity index (χ3n) is 4.09. The maximum atomic E-state index is 12.3. The van der Waals surface area contributed by atoms with E-state index >= 15 is 0 Å². The molecule has 1 fully saturated rings. The van der Waals surface area contributed by atoms with Crippen LogP contribution in [-0.2, 0) is 11.2 Å². The summed E-state index contributed by atoms with van der Waals surface area (Å²) >= 11 is 0. The number of hydrogen-bond acceptors (Lipinski definition) is 3. The van der Waals surface area contributed by atoms with Crippen LogP contribution in [0.5, 0.6) is 0 Å². The van der Waals surface area contributed by atoms with Gasteiger partial charge in [-0.15, -0.1) is 0 Å². The molecule has 1 saturated heterocycles. The number of nitrogens with one attached hydrogen (secondary N) is 2. The molecule has 4 nitrogen and oxygen atoms in total. The van der Waals surface area contributed by atoms with E-state index in [1.807, 2.05) is 12.1 Å². The summed E-state index contributed by atoms with van der Waals surface area (Å²) in [4.78, 5) is 12.3. The largest absolute Gasteiger partial charge is 0.384 e. The zero-order valence-electron chi connectivity index (χ0n) is 11.3. The minimum absolute atomic E-state index is 0.0147. The molecule has 2 heterocycles. The lowest BCUT2D eigenvalue weighted by Crippen LogP contribution is -2.49. The Morgan fingerprint density at radius 2 is 2.16 bits per heavy atom. The van der Waals surface area contributed by atoms with E-state index < -0.39 is 0 Å². The molecule has 19 heavy (non-hydrogen) atoms. The number of amides is 1. The molecule has 0 aromatic heterocycles. The number of benzene rings is 1. The highest BCUT2D eigenvalue weighted by atomic mass is 16.5. The van der Waals surface area contributed by atoms with Crippen LogP contribution in [0.4, 0.5) is 5.69 Å². The Morgan fingerprint density at radius 1 is 1.37 bits per heavy atom. The lowest BCUT2D eigenvalue weighted by molar-refractivity contribution is 0.0423. The topological polar surface area (TPSA) is 50.4 Å². The van der Waals surface area contributed by atoms with Crippen molar-refractivity contribution in [1.29, 1.82) is 0 Å². The molecule has 1 aromatic rings. The monoisotopic (exact) mass is 260 g/mol. The van der Waals surface area contributed by atoms with Gasteiger partial charge in [0.2, 0.25) is 0 Å². The van der Waals surface area contributed by atoms with Crippen molar-refractivity contribution < 1.29 is 9.53 Å². The van der Waals surface area contributed by atoms with Crippen molar-refractivity contribution in [3.63, 3.8) is 0 Å². The van der Waals surface area contributed by atoms with E-state index in [-0.39, 0.29) is 11.4 Å². The Kier molecular flexibility index (Phi) is 3.19. The Balaban J connectivity index is 1.73. The number of fused-ring (bicyclic) bond motifs is 1. The van der Waals surface area contributed by atoms with Crippen molar-refractivity contribution in [3.05, 3.63) is 29.3 Å². The fourth-order valence-electron chi connectivity index (χ4n) is 2.73. The summed E-state index contributed by atoms with van der Waals surface area (Å²) in [6.45, 7) is 4.51. The molecule has 3 rings (SSSR count). The van der Waals surface area contributed by atoms with E-state index in [1.54, 1.807) is 0 Å². The third-order valence-corrected chi connectivity index (χ3v) is 4.09. The van der Waals surface area contributed by atoms with Crippen LogP contribution in [0.3, 0.4) is 0 Å². The molecular formula is C15H20N2O2. The van der Waals surface area contributed by atoms with Crippen molar-refractivity contribution in [2.75, 3.05) is 25.1 Å². The molecule has 0 radical (unpaired) electrons. The Bertz CT molecular complexity index is 493. The summed E-state index contributed by atoms with van der Waals surface area (Å²) < 4.78 is 5.35. The van der Waals surface area contributed by atoms with Crippen molar-refractivity contribution >= 4 is 11.6 Å². The van der Waals surface area contributed by atoms with E-state index in [2.05, 4.69) is 23.6 Å². The zero-order valence-corrected chi connectivity index (χ0v) is 11.3. The summed E-state index contributed by atoms with van der Waals surface area (Å²) in [5.41, 5.74) is 3.00. The molecule has 2 aliphatic rings. The standard InChI is InChI=1S/C15H20N2O2/c1-15(5-8-19-9-6-15)17-14(18)12-3-2-11-4-7-16-13(11)10-12/h2-3,10,16H,4-9H2,1H3,(H,17,18). The number of rotatable bonds is 2. The number of carbonyl (C=O) groups excluding carboxylic acids is 1. The van der Waals surface area contributed by atoms with E-state index in [4.69, 9.17) is 4.74 Å². The quantitative estimate of drug-likeness (QED) is 0.854. The smallest absolute Gasteiger partial charge is 0.251 e. The van der Waals surface area contributed by atoms with Gasteiger partial charge in [0.1, 0.15) is 0 Å². The lowest BCUT2D eigenvalue weighted by Gasteiger charge is -2.34. The van der Waals surface area contributed by atoms with Gasteiger partial charge in [0, 0.05) is 36.5 Å². The van der Waals surface area contributed by atoms with E-state index in [9.17, 15) is 4.79 Å². The fraction of sp³-hybridized carbons (Fsp3) is 0.533. The van der Waals surface area contributed by atoms with E-state index in [0.29, 0.717) is 0 Å². The van der Waals surface area contributed by atoms with Crippen molar-refractivity contribution in [3.8, 4) is 0 Å². The second kappa shape index (κ2) is 4.85. The lowest BCUT2D eigenvalue weighted by atomic mass is 9.92. The van der Waals surface area contributed by atoms with E-state index in [0.717, 1.165) is 50.3 Å². The van der Waals surface area contributed by atoms with Crippen LogP contribution in [0.1, 0.15) is 35.7 Å². The maximum Gasteiger partial charge on any atom is 0.251 e. The molecule has 0 bridgehead atoms. The first-order valence-electron chi connectivity index (χ1n) is 6.93. The minimum Gasteiger partial charge on any atom is -0.384 e. The molecule has 2 N–H and O–H groups in total. The third kappa shape index (κ3) is 2.59. The summed E-state index contributed by atoms with van der Waals surface area (Å²) in [6.07, 6.45) is 2.80. The molecule has 0 saturated carbocycles. The highest BCUT2D eigenvalue weighted by Gasteiger charge is 2.29. The summed E-state index contributed by atoms with van der Waals surface area (Å²) in [6, 6.07) is 5.93. The van der Waals surface area contributed by atoms with Crippen molar-refractivity contribution in [1.82, 2.24) is 5.32 Å². The maximum absolute atomic E-state index is 12.3. The molecule has 0 spiro atoms. The fourth-order valence-corrected chi connectivity index (χ4v) is 2.73. The molecule has 0 unspecified atom stereocenters. The number of hydrogen-bond donors (Lipinski definition) is 2. The summed E-state index contributed by atoms with van der Waals surface area (Å²) in [7, 11) is 0. The molecule has 2 aliphatic heterocycles. The SMILES string of the molecule is CC1(NC(=O)c2ccc3c(c2)NCC3)CCOCC1. The van der Waals surface area contributed by atoms with Gasteiger partial charge < -0.3 is 15.4 Å². The molecule has 102 valence electrons. The van der Waals surface area contributed by atoms with Crippen LogP contribution >= 0.6 is 0 Å². The number of ether oxygens (including phenoxy) is 1. The van der Waals surface area contributed by atoms with Crippen LogP contribution in [0.15, 0.2) is 18.2 Å². The van der Waals surface area contributed by atoms with Gasteiger partial charge in [0.05, 0.1) is 0 Å². The second-order valence-electron chi connectivity index (χ2n) is 5.68. The summed E-state index contributed by atoms with van der Waals surface area (Å²) in [5, 5.41) is 6.46. The second-order valence-corrected chi connectivity index (χ2v) is 5.68.